The number of rotatable bonds is 6. The molecule has 1 fully saturated rings. The predicted octanol–water partition coefficient (Wildman–Crippen LogP) is 3.83. The molecule has 1 aliphatic rings. The molecule has 1 N–H and O–H groups in total. The molecule has 3 rings (SSSR count). The van der Waals surface area contributed by atoms with Gasteiger partial charge in [-0.3, -0.25) is 0 Å². The van der Waals surface area contributed by atoms with Gasteiger partial charge in [-0.25, -0.2) is 4.98 Å². The average Bonchev–Trinajstić information content (AvgIpc) is 2.60. The Bertz CT molecular complexity index is 658. The van der Waals surface area contributed by atoms with Crippen LogP contribution in [0.3, 0.4) is 0 Å². The number of phenolic OH excluding ortho intramolecular Hbond substituents is 1. The van der Waals surface area contributed by atoms with Gasteiger partial charge in [0, 0.05) is 23.9 Å². The number of piperidine rings is 1. The molecule has 1 aliphatic heterocycles. The number of benzene rings is 1. The Morgan fingerprint density at radius 2 is 1.80 bits per heavy atom. The van der Waals surface area contributed by atoms with Crippen LogP contribution in [0.5, 0.6) is 11.6 Å². The molecule has 0 aliphatic carbocycles. The molecule has 1 saturated heterocycles. The van der Waals surface area contributed by atoms with Crippen molar-refractivity contribution >= 4 is 12.4 Å². The summed E-state index contributed by atoms with van der Waals surface area (Å²) in [6, 6.07) is 8.76. The van der Waals surface area contributed by atoms with E-state index in [1.807, 2.05) is 25.1 Å². The maximum Gasteiger partial charge on any atom is 0.217 e. The minimum absolute atomic E-state index is 0. The first kappa shape index (κ1) is 19.5. The van der Waals surface area contributed by atoms with E-state index in [9.17, 15) is 5.11 Å². The van der Waals surface area contributed by atoms with Gasteiger partial charge in [0.15, 0.2) is 5.82 Å². The zero-order valence-corrected chi connectivity index (χ0v) is 15.5. The van der Waals surface area contributed by atoms with Gasteiger partial charge >= 0.3 is 0 Å². The molecule has 0 bridgehead atoms. The van der Waals surface area contributed by atoms with Gasteiger partial charge in [0.2, 0.25) is 5.88 Å². The Morgan fingerprint density at radius 3 is 2.52 bits per heavy atom. The second kappa shape index (κ2) is 9.59. The molecule has 0 unspecified atom stereocenters. The van der Waals surface area contributed by atoms with Gasteiger partial charge in [-0.15, -0.1) is 12.4 Å². The van der Waals surface area contributed by atoms with Gasteiger partial charge in [-0.2, -0.15) is 4.98 Å². The van der Waals surface area contributed by atoms with Gasteiger partial charge in [-0.05, 0) is 63.5 Å². The van der Waals surface area contributed by atoms with E-state index in [0.717, 1.165) is 24.2 Å². The van der Waals surface area contributed by atoms with Gasteiger partial charge in [0.25, 0.3) is 0 Å². The lowest BCUT2D eigenvalue weighted by atomic mass is 10.1. The highest BCUT2D eigenvalue weighted by atomic mass is 35.5. The lowest BCUT2D eigenvalue weighted by Crippen LogP contribution is -2.31. The quantitative estimate of drug-likeness (QED) is 0.790. The molecular formula is C19H26ClN3O2. The van der Waals surface area contributed by atoms with Crippen molar-refractivity contribution < 1.29 is 9.84 Å². The predicted molar refractivity (Wildman–Crippen MR) is 102 cm³/mol. The summed E-state index contributed by atoms with van der Waals surface area (Å²) in [6.45, 7) is 6.14. The van der Waals surface area contributed by atoms with Crippen LogP contribution in [0.25, 0.3) is 11.4 Å². The zero-order valence-electron chi connectivity index (χ0n) is 14.6. The van der Waals surface area contributed by atoms with E-state index in [1.165, 1.54) is 32.4 Å². The standard InChI is InChI=1S/C19H25N3O2.ClH/c1-15-14-18(24-13-5-12-22-10-3-2-4-11-22)21-19(20-15)16-6-8-17(23)9-7-16;/h6-9,14,23H,2-5,10-13H2,1H3;1H. The topological polar surface area (TPSA) is 58.5 Å². The van der Waals surface area contributed by atoms with E-state index < -0.39 is 0 Å². The molecule has 0 spiro atoms. The Labute approximate surface area is 155 Å². The van der Waals surface area contributed by atoms with Crippen molar-refractivity contribution in [2.24, 2.45) is 0 Å². The summed E-state index contributed by atoms with van der Waals surface area (Å²) in [4.78, 5) is 11.5. The number of halogens is 1. The molecule has 0 amide bonds. The van der Waals surface area contributed by atoms with Gasteiger partial charge in [0.05, 0.1) is 6.61 Å². The number of nitrogens with zero attached hydrogens (tertiary/aromatic N) is 3. The number of aryl methyl sites for hydroxylation is 1. The summed E-state index contributed by atoms with van der Waals surface area (Å²) in [5.74, 6) is 1.48. The van der Waals surface area contributed by atoms with Crippen molar-refractivity contribution in [2.45, 2.75) is 32.6 Å². The van der Waals surface area contributed by atoms with E-state index >= 15 is 0 Å². The molecule has 25 heavy (non-hydrogen) atoms. The third kappa shape index (κ3) is 5.87. The molecule has 6 heteroatoms. The van der Waals surface area contributed by atoms with Crippen molar-refractivity contribution in [3.05, 3.63) is 36.0 Å². The fraction of sp³-hybridized carbons (Fsp3) is 0.474. The number of aromatic nitrogens is 2. The third-order valence-corrected chi connectivity index (χ3v) is 4.27. The monoisotopic (exact) mass is 363 g/mol. The Morgan fingerprint density at radius 1 is 1.08 bits per heavy atom. The lowest BCUT2D eigenvalue weighted by Gasteiger charge is -2.26. The summed E-state index contributed by atoms with van der Waals surface area (Å²) < 4.78 is 5.84. The van der Waals surface area contributed by atoms with Crippen LogP contribution in [-0.4, -0.2) is 46.2 Å². The fourth-order valence-corrected chi connectivity index (χ4v) is 3.00. The van der Waals surface area contributed by atoms with Crippen LogP contribution in [0.1, 0.15) is 31.4 Å². The highest BCUT2D eigenvalue weighted by molar-refractivity contribution is 5.85. The summed E-state index contributed by atoms with van der Waals surface area (Å²) in [5, 5.41) is 9.39. The Hall–Kier alpha value is -1.85. The van der Waals surface area contributed by atoms with E-state index in [0.29, 0.717) is 18.3 Å². The van der Waals surface area contributed by atoms with Crippen LogP contribution in [0.4, 0.5) is 0 Å². The molecule has 5 nitrogen and oxygen atoms in total. The SMILES string of the molecule is Cc1cc(OCCCN2CCCCC2)nc(-c2ccc(O)cc2)n1.Cl. The van der Waals surface area contributed by atoms with E-state index in [-0.39, 0.29) is 18.2 Å². The highest BCUT2D eigenvalue weighted by Gasteiger charge is 2.10. The van der Waals surface area contributed by atoms with Crippen LogP contribution in [0.15, 0.2) is 30.3 Å². The fourth-order valence-electron chi connectivity index (χ4n) is 3.00. The molecule has 2 heterocycles. The molecule has 0 saturated carbocycles. The first-order valence-corrected chi connectivity index (χ1v) is 8.71. The number of ether oxygens (including phenoxy) is 1. The number of hydrogen-bond acceptors (Lipinski definition) is 5. The van der Waals surface area contributed by atoms with E-state index in [4.69, 9.17) is 4.74 Å². The van der Waals surface area contributed by atoms with Gasteiger partial charge < -0.3 is 14.7 Å². The first-order chi connectivity index (χ1) is 11.7. The molecule has 1 aromatic heterocycles. The van der Waals surface area contributed by atoms with Crippen molar-refractivity contribution in [2.75, 3.05) is 26.2 Å². The van der Waals surface area contributed by atoms with Gasteiger partial charge in [0.1, 0.15) is 5.75 Å². The minimum Gasteiger partial charge on any atom is -0.508 e. The maximum absolute atomic E-state index is 9.39. The number of aromatic hydroxyl groups is 1. The van der Waals surface area contributed by atoms with E-state index in [1.54, 1.807) is 12.1 Å². The maximum atomic E-state index is 9.39. The average molecular weight is 364 g/mol. The third-order valence-electron chi connectivity index (χ3n) is 4.27. The van der Waals surface area contributed by atoms with Crippen LogP contribution in [0.2, 0.25) is 0 Å². The van der Waals surface area contributed by atoms with Gasteiger partial charge in [-0.1, -0.05) is 6.42 Å². The highest BCUT2D eigenvalue weighted by Crippen LogP contribution is 2.21. The molecular weight excluding hydrogens is 338 g/mol. The summed E-state index contributed by atoms with van der Waals surface area (Å²) in [5.41, 5.74) is 1.74. The smallest absolute Gasteiger partial charge is 0.217 e. The second-order valence-electron chi connectivity index (χ2n) is 6.32. The first-order valence-electron chi connectivity index (χ1n) is 8.71. The summed E-state index contributed by atoms with van der Waals surface area (Å²) in [6.07, 6.45) is 5.02. The lowest BCUT2D eigenvalue weighted by molar-refractivity contribution is 0.203. The molecule has 0 atom stereocenters. The molecule has 0 radical (unpaired) electrons. The number of hydrogen-bond donors (Lipinski definition) is 1. The molecule has 1 aromatic carbocycles. The normalized spacial score (nSPS) is 14.8. The number of phenols is 1. The van der Waals surface area contributed by atoms with Crippen molar-refractivity contribution in [3.8, 4) is 23.0 Å². The molecule has 2 aromatic rings. The van der Waals surface area contributed by atoms with Crippen LogP contribution < -0.4 is 4.74 Å². The number of likely N-dealkylation sites (tertiary alicyclic amines) is 1. The summed E-state index contributed by atoms with van der Waals surface area (Å²) >= 11 is 0. The minimum atomic E-state index is 0. The van der Waals surface area contributed by atoms with Crippen LogP contribution in [-0.2, 0) is 0 Å². The Kier molecular flexibility index (Phi) is 7.47. The van der Waals surface area contributed by atoms with Crippen molar-refractivity contribution in [1.29, 1.82) is 0 Å². The second-order valence-corrected chi connectivity index (χ2v) is 6.32. The Balaban J connectivity index is 0.00000225. The zero-order chi connectivity index (χ0) is 16.8. The van der Waals surface area contributed by atoms with Crippen LogP contribution in [0, 0.1) is 6.92 Å². The van der Waals surface area contributed by atoms with E-state index in [2.05, 4.69) is 14.9 Å². The van der Waals surface area contributed by atoms with Crippen LogP contribution >= 0.6 is 12.4 Å². The van der Waals surface area contributed by atoms with Crippen molar-refractivity contribution in [1.82, 2.24) is 14.9 Å². The van der Waals surface area contributed by atoms with Crippen molar-refractivity contribution in [3.63, 3.8) is 0 Å². The summed E-state index contributed by atoms with van der Waals surface area (Å²) in [7, 11) is 0. The largest absolute Gasteiger partial charge is 0.508 e. The molecule has 136 valence electrons.